The maximum Gasteiger partial charge on any atom is 0.360 e. The second kappa shape index (κ2) is 27.1. The number of nitrogens with zero attached hydrogens (tertiary/aromatic N) is 4. The molecule has 14 nitrogen and oxygen atoms in total. The summed E-state index contributed by atoms with van der Waals surface area (Å²) < 4.78 is 33.4. The summed E-state index contributed by atoms with van der Waals surface area (Å²) in [5, 5.41) is 17.9. The molecule has 4 rings (SSSR count). The number of nitrogens with one attached hydrogen (secondary N) is 1. The van der Waals surface area contributed by atoms with Crippen LogP contribution in [0.2, 0.25) is 0 Å². The van der Waals surface area contributed by atoms with E-state index in [0.717, 1.165) is 22.3 Å². The lowest BCUT2D eigenvalue weighted by atomic mass is 10.0. The van der Waals surface area contributed by atoms with E-state index in [4.69, 9.17) is 14.5 Å². The molecule has 0 spiro atoms. The summed E-state index contributed by atoms with van der Waals surface area (Å²) in [5.74, 6) is -2.63. The minimum absolute atomic E-state index is 0. The fourth-order valence-electron chi connectivity index (χ4n) is 4.93. The van der Waals surface area contributed by atoms with Gasteiger partial charge in [0.1, 0.15) is 39.1 Å². The number of hydrogen-bond acceptors (Lipinski definition) is 12. The Bertz CT molecular complexity index is 1910. The molecule has 16 heteroatoms. The van der Waals surface area contributed by atoms with Crippen LogP contribution in [0.3, 0.4) is 0 Å². The number of aryl methyl sites for hydroxylation is 2. The van der Waals surface area contributed by atoms with E-state index < -0.39 is 23.5 Å². The zero-order chi connectivity index (χ0) is 41.6. The van der Waals surface area contributed by atoms with Crippen molar-refractivity contribution in [3.05, 3.63) is 148 Å². The maximum atomic E-state index is 14.4. The second-order valence-electron chi connectivity index (χ2n) is 11.5. The molecule has 1 amide bonds. The van der Waals surface area contributed by atoms with Gasteiger partial charge < -0.3 is 48.0 Å². The van der Waals surface area contributed by atoms with Crippen LogP contribution in [0, 0.1) is 32.9 Å². The number of methoxy groups -OCH3 is 1. The van der Waals surface area contributed by atoms with Gasteiger partial charge in [-0.1, -0.05) is 105 Å². The number of benzene rings is 4. The molecule has 4 aromatic carbocycles. The molecule has 5 N–H and O–H groups in total. The average Bonchev–Trinajstić information content (AvgIpc) is 3.20. The third kappa shape index (κ3) is 15.2. The number of carbonyl (C=O) groups excluding carboxylic acids is 2. The van der Waals surface area contributed by atoms with Crippen molar-refractivity contribution >= 4 is 34.7 Å². The SMILES string of the molecule is CN.CNC(=O)C(=NOC)c1c(F)cccc1CON=C(C)c1cccc(C)c1.CON=C(C(=O)OC)c1c(F)cccc1CON=C(C)c1cccc(C)c1.O.[CH3-]. The molecular formula is C42H53F2N6O8-. The number of halogens is 2. The molecule has 0 bridgehead atoms. The van der Waals surface area contributed by atoms with Gasteiger partial charge in [-0.05, 0) is 58.0 Å². The zero-order valence-electron chi connectivity index (χ0n) is 34.5. The molecule has 0 aliphatic carbocycles. The predicted octanol–water partition coefficient (Wildman–Crippen LogP) is 5.97. The Morgan fingerprint density at radius 2 is 1.05 bits per heavy atom. The quantitative estimate of drug-likeness (QED) is 0.0672. The molecule has 58 heavy (non-hydrogen) atoms. The molecular weight excluding hydrogens is 754 g/mol. The first-order valence-corrected chi connectivity index (χ1v) is 17.1. The van der Waals surface area contributed by atoms with E-state index >= 15 is 0 Å². The standard InChI is InChI=1S/C20H22FN3O3.C20H21FN2O4.CH5N.CH3.H2O/c1-13-7-5-8-15(11-13)14(2)23-27-12-16-9-6-10-17(21)18(16)19(24-26-4)20(25)22-3;1-13-7-5-8-15(11-13)14(2)22-27-12-16-9-6-10-17(21)18(16)19(23-26-4)20(24)25-3;1-2;;/h5-11H,12H2,1-4H3,(H,22,25);5-11H,12H2,1-4H3;2H2,1H3;1H3;1H2/q;;;-1;. The van der Waals surface area contributed by atoms with Gasteiger partial charge in [-0.15, -0.1) is 0 Å². The smallest absolute Gasteiger partial charge is 0.360 e. The monoisotopic (exact) mass is 807 g/mol. The molecule has 0 fully saturated rings. The van der Waals surface area contributed by atoms with Crippen molar-refractivity contribution < 1.29 is 47.9 Å². The molecule has 0 atom stereocenters. The molecule has 0 radical (unpaired) electrons. The highest BCUT2D eigenvalue weighted by Gasteiger charge is 2.24. The van der Waals surface area contributed by atoms with Crippen molar-refractivity contribution in [2.24, 2.45) is 26.4 Å². The van der Waals surface area contributed by atoms with Crippen LogP contribution in [0.4, 0.5) is 8.78 Å². The zero-order valence-corrected chi connectivity index (χ0v) is 34.5. The highest BCUT2D eigenvalue weighted by atomic mass is 19.1. The van der Waals surface area contributed by atoms with E-state index in [0.29, 0.717) is 22.6 Å². The number of ether oxygens (including phenoxy) is 1. The van der Waals surface area contributed by atoms with Gasteiger partial charge in [0.15, 0.2) is 11.4 Å². The number of oxime groups is 4. The van der Waals surface area contributed by atoms with Crippen LogP contribution in [-0.2, 0) is 46.9 Å². The van der Waals surface area contributed by atoms with Gasteiger partial charge in [0, 0.05) is 18.2 Å². The summed E-state index contributed by atoms with van der Waals surface area (Å²) in [7, 11) is 6.66. The van der Waals surface area contributed by atoms with Crippen molar-refractivity contribution in [1.29, 1.82) is 0 Å². The molecule has 0 aliphatic heterocycles. The molecule has 0 aliphatic rings. The van der Waals surface area contributed by atoms with Crippen molar-refractivity contribution in [1.82, 2.24) is 5.32 Å². The van der Waals surface area contributed by atoms with E-state index in [1.54, 1.807) is 12.1 Å². The summed E-state index contributed by atoms with van der Waals surface area (Å²) in [4.78, 5) is 44.1. The van der Waals surface area contributed by atoms with Gasteiger partial charge in [0.2, 0.25) is 0 Å². The first-order chi connectivity index (χ1) is 26.9. The van der Waals surface area contributed by atoms with Crippen LogP contribution in [-0.4, -0.2) is 75.6 Å². The highest BCUT2D eigenvalue weighted by Crippen LogP contribution is 2.19. The minimum atomic E-state index is -0.817. The normalized spacial score (nSPS) is 11.2. The number of esters is 1. The number of rotatable bonds is 14. The van der Waals surface area contributed by atoms with Gasteiger partial charge in [0.05, 0.1) is 29.7 Å². The van der Waals surface area contributed by atoms with E-state index in [9.17, 15) is 18.4 Å². The second-order valence-corrected chi connectivity index (χ2v) is 11.5. The third-order valence-electron chi connectivity index (χ3n) is 7.57. The number of nitrogens with two attached hydrogens (primary N) is 1. The lowest BCUT2D eigenvalue weighted by Crippen LogP contribution is -2.30. The van der Waals surface area contributed by atoms with Crippen molar-refractivity contribution in [2.75, 3.05) is 35.4 Å². The van der Waals surface area contributed by atoms with Crippen LogP contribution in [0.5, 0.6) is 0 Å². The van der Waals surface area contributed by atoms with E-state index in [2.05, 4.69) is 41.2 Å². The average molecular weight is 808 g/mol. The molecule has 4 aromatic rings. The Hall–Kier alpha value is -6.52. The van der Waals surface area contributed by atoms with Gasteiger partial charge in [-0.2, -0.15) is 0 Å². The molecule has 314 valence electrons. The lowest BCUT2D eigenvalue weighted by molar-refractivity contribution is -0.132. The fraction of sp³-hybridized carbons (Fsp3) is 0.262. The molecule has 0 unspecified atom stereocenters. The Morgan fingerprint density at radius 3 is 1.43 bits per heavy atom. The van der Waals surface area contributed by atoms with Crippen LogP contribution < -0.4 is 11.1 Å². The fourth-order valence-corrected chi connectivity index (χ4v) is 4.93. The van der Waals surface area contributed by atoms with Crippen molar-refractivity contribution in [3.8, 4) is 0 Å². The predicted molar refractivity (Wildman–Crippen MR) is 222 cm³/mol. The molecule has 0 heterocycles. The Balaban J connectivity index is 0.00000104. The van der Waals surface area contributed by atoms with Crippen molar-refractivity contribution in [2.45, 2.75) is 40.9 Å². The maximum absolute atomic E-state index is 14.4. The van der Waals surface area contributed by atoms with Crippen molar-refractivity contribution in [3.63, 3.8) is 0 Å². The molecule has 0 saturated heterocycles. The van der Waals surface area contributed by atoms with Crippen LogP contribution in [0.25, 0.3) is 0 Å². The van der Waals surface area contributed by atoms with Crippen LogP contribution >= 0.6 is 0 Å². The Morgan fingerprint density at radius 1 is 0.655 bits per heavy atom. The Kier molecular flexibility index (Phi) is 24.1. The Labute approximate surface area is 338 Å². The molecule has 0 saturated carbocycles. The lowest BCUT2D eigenvalue weighted by Gasteiger charge is -2.11. The highest BCUT2D eigenvalue weighted by molar-refractivity contribution is 6.45. The molecule has 0 aromatic heterocycles. The number of likely N-dealkylation sites (N-methyl/N-ethyl adjacent to an activating group) is 1. The minimum Gasteiger partial charge on any atom is -0.464 e. The van der Waals surface area contributed by atoms with Gasteiger partial charge in [-0.25, -0.2) is 13.6 Å². The van der Waals surface area contributed by atoms with Gasteiger partial charge >= 0.3 is 5.97 Å². The van der Waals surface area contributed by atoms with E-state index in [1.165, 1.54) is 59.7 Å². The van der Waals surface area contributed by atoms with Gasteiger partial charge in [0.25, 0.3) is 5.91 Å². The van der Waals surface area contributed by atoms with Gasteiger partial charge in [-0.3, -0.25) is 4.79 Å². The summed E-state index contributed by atoms with van der Waals surface area (Å²) >= 11 is 0. The number of amides is 1. The third-order valence-corrected chi connectivity index (χ3v) is 7.57. The topological polar surface area (TPSA) is 199 Å². The number of hydrogen-bond donors (Lipinski definition) is 2. The van der Waals surface area contributed by atoms with Crippen LogP contribution in [0.15, 0.2) is 106 Å². The summed E-state index contributed by atoms with van der Waals surface area (Å²) in [6, 6.07) is 24.4. The number of carbonyl (C=O) groups is 2. The van der Waals surface area contributed by atoms with E-state index in [1.807, 2.05) is 76.2 Å². The summed E-state index contributed by atoms with van der Waals surface area (Å²) in [5.41, 5.74) is 10.3. The van der Waals surface area contributed by atoms with E-state index in [-0.39, 0.29) is 48.7 Å². The van der Waals surface area contributed by atoms with Crippen LogP contribution in [0.1, 0.15) is 58.4 Å². The summed E-state index contributed by atoms with van der Waals surface area (Å²) in [6.45, 7) is 7.52. The first kappa shape index (κ1) is 51.5. The first-order valence-electron chi connectivity index (χ1n) is 17.1. The largest absolute Gasteiger partial charge is 0.464 e. The summed E-state index contributed by atoms with van der Waals surface area (Å²) in [6.07, 6.45) is 0.